The van der Waals surface area contributed by atoms with Crippen LogP contribution in [0, 0.1) is 3.57 Å². The molecule has 0 aromatic heterocycles. The molecule has 0 saturated carbocycles. The summed E-state index contributed by atoms with van der Waals surface area (Å²) >= 11 is 2.23. The number of carbonyl (C=O) groups excluding carboxylic acids is 1. The van der Waals surface area contributed by atoms with Gasteiger partial charge in [0.25, 0.3) is 0 Å². The van der Waals surface area contributed by atoms with Crippen LogP contribution >= 0.6 is 22.6 Å². The van der Waals surface area contributed by atoms with E-state index in [2.05, 4.69) is 27.9 Å². The van der Waals surface area contributed by atoms with E-state index in [1.807, 2.05) is 89.8 Å². The summed E-state index contributed by atoms with van der Waals surface area (Å²) in [7, 11) is 0. The molecule has 0 unspecified atom stereocenters. The lowest BCUT2D eigenvalue weighted by molar-refractivity contribution is 0.206. The van der Waals surface area contributed by atoms with Gasteiger partial charge in [-0.05, 0) is 45.9 Å². The molecule has 2 amide bonds. The van der Waals surface area contributed by atoms with E-state index in [9.17, 15) is 4.79 Å². The maximum absolute atomic E-state index is 12.9. The summed E-state index contributed by atoms with van der Waals surface area (Å²) in [6.45, 7) is 1.12. The van der Waals surface area contributed by atoms with Gasteiger partial charge in [0.05, 0.1) is 5.69 Å². The average molecular weight is 442 g/mol. The SMILES string of the molecule is O=C(Nc1ccccc1I)N(Cc1ccccc1)Cc1ccccc1. The summed E-state index contributed by atoms with van der Waals surface area (Å²) < 4.78 is 1.02. The van der Waals surface area contributed by atoms with Crippen molar-refractivity contribution in [2.24, 2.45) is 0 Å². The van der Waals surface area contributed by atoms with Crippen molar-refractivity contribution < 1.29 is 4.79 Å². The fourth-order valence-electron chi connectivity index (χ4n) is 2.56. The van der Waals surface area contributed by atoms with Crippen LogP contribution in [0.2, 0.25) is 0 Å². The lowest BCUT2D eigenvalue weighted by Crippen LogP contribution is -2.34. The number of carbonyl (C=O) groups is 1. The van der Waals surface area contributed by atoms with Crippen LogP contribution < -0.4 is 5.32 Å². The van der Waals surface area contributed by atoms with Crippen LogP contribution in [0.5, 0.6) is 0 Å². The maximum Gasteiger partial charge on any atom is 0.322 e. The Kier molecular flexibility index (Phi) is 6.06. The first-order valence-corrected chi connectivity index (χ1v) is 9.18. The van der Waals surface area contributed by atoms with E-state index in [-0.39, 0.29) is 6.03 Å². The van der Waals surface area contributed by atoms with Gasteiger partial charge in [-0.3, -0.25) is 0 Å². The molecule has 0 aliphatic carbocycles. The lowest BCUT2D eigenvalue weighted by atomic mass is 10.2. The third-order valence-corrected chi connectivity index (χ3v) is 4.78. The number of anilines is 1. The zero-order chi connectivity index (χ0) is 17.5. The number of para-hydroxylation sites is 1. The molecule has 3 rings (SSSR count). The molecular formula is C21H19IN2O. The van der Waals surface area contributed by atoms with Crippen LogP contribution in [0.1, 0.15) is 11.1 Å². The molecule has 0 aliphatic rings. The minimum absolute atomic E-state index is 0.100. The molecule has 126 valence electrons. The monoisotopic (exact) mass is 442 g/mol. The quantitative estimate of drug-likeness (QED) is 0.519. The highest BCUT2D eigenvalue weighted by atomic mass is 127. The van der Waals surface area contributed by atoms with Gasteiger partial charge < -0.3 is 10.2 Å². The Bertz CT molecular complexity index is 780. The lowest BCUT2D eigenvalue weighted by Gasteiger charge is -2.24. The zero-order valence-corrected chi connectivity index (χ0v) is 15.9. The van der Waals surface area contributed by atoms with Gasteiger partial charge in [-0.2, -0.15) is 0 Å². The van der Waals surface area contributed by atoms with E-state index in [1.54, 1.807) is 0 Å². The summed E-state index contributed by atoms with van der Waals surface area (Å²) in [5.74, 6) is 0. The minimum Gasteiger partial charge on any atom is -0.316 e. The van der Waals surface area contributed by atoms with Gasteiger partial charge in [0, 0.05) is 16.7 Å². The normalized spacial score (nSPS) is 10.3. The molecule has 1 N–H and O–H groups in total. The molecule has 0 spiro atoms. The maximum atomic E-state index is 12.9. The predicted molar refractivity (Wildman–Crippen MR) is 110 cm³/mol. The molecule has 0 heterocycles. The van der Waals surface area contributed by atoms with Gasteiger partial charge in [0.2, 0.25) is 0 Å². The largest absolute Gasteiger partial charge is 0.322 e. The van der Waals surface area contributed by atoms with E-state index in [0.29, 0.717) is 13.1 Å². The fraction of sp³-hybridized carbons (Fsp3) is 0.0952. The highest BCUT2D eigenvalue weighted by Crippen LogP contribution is 2.19. The van der Waals surface area contributed by atoms with Gasteiger partial charge in [0.15, 0.2) is 0 Å². The molecule has 25 heavy (non-hydrogen) atoms. The summed E-state index contributed by atoms with van der Waals surface area (Å²) in [6, 6.07) is 27.8. The second kappa shape index (κ2) is 8.67. The fourth-order valence-corrected chi connectivity index (χ4v) is 3.09. The molecule has 0 atom stereocenters. The van der Waals surface area contributed by atoms with Crippen molar-refractivity contribution in [1.29, 1.82) is 0 Å². The van der Waals surface area contributed by atoms with Crippen molar-refractivity contribution >= 4 is 34.3 Å². The Labute approximate surface area is 161 Å². The van der Waals surface area contributed by atoms with Crippen LogP contribution in [0.3, 0.4) is 0 Å². The van der Waals surface area contributed by atoms with Crippen LogP contribution in [-0.2, 0) is 13.1 Å². The Hall–Kier alpha value is -2.34. The first-order valence-electron chi connectivity index (χ1n) is 8.10. The standard InChI is InChI=1S/C21H19IN2O/c22-19-13-7-8-14-20(19)23-21(25)24(15-17-9-3-1-4-10-17)16-18-11-5-2-6-12-18/h1-14H,15-16H2,(H,23,25). The second-order valence-electron chi connectivity index (χ2n) is 5.74. The Morgan fingerprint density at radius 2 is 1.24 bits per heavy atom. The third-order valence-electron chi connectivity index (χ3n) is 3.84. The molecule has 3 nitrogen and oxygen atoms in total. The van der Waals surface area contributed by atoms with Crippen molar-refractivity contribution in [2.75, 3.05) is 5.32 Å². The van der Waals surface area contributed by atoms with Crippen molar-refractivity contribution in [1.82, 2.24) is 4.90 Å². The Balaban J connectivity index is 1.79. The molecule has 0 aliphatic heterocycles. The first kappa shape index (κ1) is 17.5. The number of halogens is 1. The first-order chi connectivity index (χ1) is 12.2. The van der Waals surface area contributed by atoms with E-state index >= 15 is 0 Å². The number of hydrogen-bond acceptors (Lipinski definition) is 1. The van der Waals surface area contributed by atoms with Crippen molar-refractivity contribution in [3.8, 4) is 0 Å². The number of nitrogens with one attached hydrogen (secondary N) is 1. The summed E-state index contributed by atoms with van der Waals surface area (Å²) in [5.41, 5.74) is 3.05. The number of benzene rings is 3. The van der Waals surface area contributed by atoms with E-state index in [0.717, 1.165) is 20.4 Å². The third kappa shape index (κ3) is 5.06. The summed E-state index contributed by atoms with van der Waals surface area (Å²) in [5, 5.41) is 3.03. The summed E-state index contributed by atoms with van der Waals surface area (Å²) in [4.78, 5) is 14.7. The molecular weight excluding hydrogens is 423 g/mol. The number of rotatable bonds is 5. The predicted octanol–water partition coefficient (Wildman–Crippen LogP) is 5.53. The molecule has 0 radical (unpaired) electrons. The summed E-state index contributed by atoms with van der Waals surface area (Å²) in [6.07, 6.45) is 0. The number of hydrogen-bond donors (Lipinski definition) is 1. The molecule has 4 heteroatoms. The highest BCUT2D eigenvalue weighted by Gasteiger charge is 2.15. The minimum atomic E-state index is -0.100. The van der Waals surface area contributed by atoms with E-state index in [4.69, 9.17) is 0 Å². The van der Waals surface area contributed by atoms with Gasteiger partial charge in [0.1, 0.15) is 0 Å². The number of nitrogens with zero attached hydrogens (tertiary/aromatic N) is 1. The second-order valence-corrected chi connectivity index (χ2v) is 6.90. The van der Waals surface area contributed by atoms with E-state index in [1.165, 1.54) is 0 Å². The zero-order valence-electron chi connectivity index (χ0n) is 13.7. The average Bonchev–Trinajstić information content (AvgIpc) is 2.65. The molecule has 3 aromatic rings. The molecule has 3 aromatic carbocycles. The van der Waals surface area contributed by atoms with Gasteiger partial charge in [-0.15, -0.1) is 0 Å². The van der Waals surface area contributed by atoms with E-state index < -0.39 is 0 Å². The Morgan fingerprint density at radius 1 is 0.760 bits per heavy atom. The van der Waals surface area contributed by atoms with Crippen LogP contribution in [0.25, 0.3) is 0 Å². The topological polar surface area (TPSA) is 32.3 Å². The Morgan fingerprint density at radius 3 is 1.76 bits per heavy atom. The van der Waals surface area contributed by atoms with Crippen LogP contribution in [-0.4, -0.2) is 10.9 Å². The van der Waals surface area contributed by atoms with Crippen molar-refractivity contribution in [3.63, 3.8) is 0 Å². The molecule has 0 fully saturated rings. The van der Waals surface area contributed by atoms with Gasteiger partial charge in [-0.1, -0.05) is 72.8 Å². The van der Waals surface area contributed by atoms with Gasteiger partial charge in [-0.25, -0.2) is 4.79 Å². The number of urea groups is 1. The van der Waals surface area contributed by atoms with Gasteiger partial charge >= 0.3 is 6.03 Å². The van der Waals surface area contributed by atoms with Crippen molar-refractivity contribution in [3.05, 3.63) is 99.6 Å². The van der Waals surface area contributed by atoms with Crippen molar-refractivity contribution in [2.45, 2.75) is 13.1 Å². The highest BCUT2D eigenvalue weighted by molar-refractivity contribution is 14.1. The van der Waals surface area contributed by atoms with Crippen LogP contribution in [0.4, 0.5) is 10.5 Å². The molecule has 0 bridgehead atoms. The van der Waals surface area contributed by atoms with Crippen LogP contribution in [0.15, 0.2) is 84.9 Å². The smallest absolute Gasteiger partial charge is 0.316 e. The number of amides is 2. The molecule has 0 saturated heterocycles.